The molecule has 0 atom stereocenters. The Balaban J connectivity index is 1.64. The van der Waals surface area contributed by atoms with E-state index in [4.69, 9.17) is 15.2 Å². The first kappa shape index (κ1) is 17.6. The quantitative estimate of drug-likeness (QED) is 0.524. The van der Waals surface area contributed by atoms with Gasteiger partial charge in [-0.15, -0.1) is 0 Å². The van der Waals surface area contributed by atoms with Crippen molar-refractivity contribution in [1.82, 2.24) is 0 Å². The van der Waals surface area contributed by atoms with E-state index in [0.29, 0.717) is 18.3 Å². The summed E-state index contributed by atoms with van der Waals surface area (Å²) < 4.78 is 10.6. The van der Waals surface area contributed by atoms with Crippen LogP contribution in [0.5, 0.6) is 11.5 Å². The van der Waals surface area contributed by atoms with Crippen molar-refractivity contribution in [2.24, 2.45) is 10.7 Å². The molecule has 0 saturated carbocycles. The van der Waals surface area contributed by atoms with Crippen LogP contribution in [0.15, 0.2) is 65.7 Å². The summed E-state index contributed by atoms with van der Waals surface area (Å²) in [6.45, 7) is 0.601. The average Bonchev–Trinajstić information content (AvgIpc) is 2.67. The smallest absolute Gasteiger partial charge is 0.193 e. The number of benzene rings is 3. The summed E-state index contributed by atoms with van der Waals surface area (Å²) in [4.78, 5) is 4.41. The van der Waals surface area contributed by atoms with Gasteiger partial charge in [0.1, 0.15) is 11.5 Å². The number of nitrogens with two attached hydrogens (primary N) is 1. The van der Waals surface area contributed by atoms with Crippen molar-refractivity contribution in [2.45, 2.75) is 6.42 Å². The molecule has 0 bridgehead atoms. The van der Waals surface area contributed by atoms with E-state index in [1.807, 2.05) is 30.3 Å². The van der Waals surface area contributed by atoms with Crippen molar-refractivity contribution in [3.63, 3.8) is 0 Å². The van der Waals surface area contributed by atoms with Crippen molar-refractivity contribution >= 4 is 22.4 Å². The minimum Gasteiger partial charge on any atom is -0.497 e. The zero-order valence-electron chi connectivity index (χ0n) is 15.0. The van der Waals surface area contributed by atoms with Gasteiger partial charge in [0, 0.05) is 12.6 Å². The first-order chi connectivity index (χ1) is 12.7. The lowest BCUT2D eigenvalue weighted by molar-refractivity contribution is 0.405. The van der Waals surface area contributed by atoms with Crippen LogP contribution in [0.3, 0.4) is 0 Å². The number of nitrogens with zero attached hydrogens (tertiary/aromatic N) is 1. The van der Waals surface area contributed by atoms with Crippen molar-refractivity contribution in [2.75, 3.05) is 26.1 Å². The maximum Gasteiger partial charge on any atom is 0.193 e. The lowest BCUT2D eigenvalue weighted by atomic mass is 10.1. The molecule has 0 aromatic heterocycles. The molecule has 0 aliphatic heterocycles. The fourth-order valence-corrected chi connectivity index (χ4v) is 2.79. The molecule has 3 rings (SSSR count). The van der Waals surface area contributed by atoms with Crippen molar-refractivity contribution in [1.29, 1.82) is 0 Å². The predicted octanol–water partition coefficient (Wildman–Crippen LogP) is 3.83. The van der Waals surface area contributed by atoms with Gasteiger partial charge in [-0.2, -0.15) is 0 Å². The van der Waals surface area contributed by atoms with Crippen LogP contribution in [0.4, 0.5) is 5.69 Å². The largest absolute Gasteiger partial charge is 0.497 e. The Morgan fingerprint density at radius 3 is 2.54 bits per heavy atom. The van der Waals surface area contributed by atoms with Gasteiger partial charge in [-0.3, -0.25) is 4.99 Å². The zero-order valence-corrected chi connectivity index (χ0v) is 15.0. The van der Waals surface area contributed by atoms with E-state index in [-0.39, 0.29) is 0 Å². The molecule has 26 heavy (non-hydrogen) atoms. The molecule has 3 aromatic rings. The van der Waals surface area contributed by atoms with Crippen LogP contribution < -0.4 is 20.5 Å². The summed E-state index contributed by atoms with van der Waals surface area (Å²) in [6, 6.07) is 20.3. The highest BCUT2D eigenvalue weighted by molar-refractivity contribution is 5.94. The number of hydrogen-bond acceptors (Lipinski definition) is 3. The third-order valence-electron chi connectivity index (χ3n) is 4.17. The zero-order chi connectivity index (χ0) is 18.4. The van der Waals surface area contributed by atoms with E-state index in [1.54, 1.807) is 14.2 Å². The van der Waals surface area contributed by atoms with Crippen molar-refractivity contribution in [3.8, 4) is 11.5 Å². The third kappa shape index (κ3) is 4.25. The monoisotopic (exact) mass is 349 g/mol. The minimum atomic E-state index is 0.345. The number of nitrogens with one attached hydrogen (secondary N) is 1. The summed E-state index contributed by atoms with van der Waals surface area (Å²) >= 11 is 0. The fraction of sp³-hybridized carbons (Fsp3) is 0.190. The van der Waals surface area contributed by atoms with Crippen molar-refractivity contribution in [3.05, 3.63) is 66.2 Å². The lowest BCUT2D eigenvalue weighted by Crippen LogP contribution is -2.23. The summed E-state index contributed by atoms with van der Waals surface area (Å²) in [7, 11) is 3.23. The lowest BCUT2D eigenvalue weighted by Gasteiger charge is -2.12. The standard InChI is InChI=1S/C21H23N3O2/c1-25-18-9-10-20(26-2)19(14-18)24-21(22)23-12-11-15-7-8-16-5-3-4-6-17(16)13-15/h3-10,13-14H,11-12H2,1-2H3,(H3,22,23,24). The molecule has 5 nitrogen and oxygen atoms in total. The Morgan fingerprint density at radius 1 is 0.962 bits per heavy atom. The Morgan fingerprint density at radius 2 is 1.77 bits per heavy atom. The second-order valence-electron chi connectivity index (χ2n) is 5.89. The molecular formula is C21H23N3O2. The summed E-state index contributed by atoms with van der Waals surface area (Å²) in [5.41, 5.74) is 7.97. The molecule has 0 heterocycles. The molecule has 0 saturated heterocycles. The number of guanidine groups is 1. The van der Waals surface area contributed by atoms with Crippen LogP contribution in [-0.2, 0) is 6.42 Å². The predicted molar refractivity (Wildman–Crippen MR) is 107 cm³/mol. The number of anilines is 1. The molecular weight excluding hydrogens is 326 g/mol. The second-order valence-corrected chi connectivity index (χ2v) is 5.89. The van der Waals surface area contributed by atoms with E-state index in [2.05, 4.69) is 40.6 Å². The molecule has 0 fully saturated rings. The third-order valence-corrected chi connectivity index (χ3v) is 4.17. The number of ether oxygens (including phenoxy) is 2. The van der Waals surface area contributed by atoms with E-state index in [9.17, 15) is 0 Å². The SMILES string of the molecule is COc1ccc(OC)c(NC(N)=NCCc2ccc3ccccc3c2)c1. The molecule has 0 unspecified atom stereocenters. The number of hydrogen-bond donors (Lipinski definition) is 2. The first-order valence-corrected chi connectivity index (χ1v) is 8.46. The average molecular weight is 349 g/mol. The summed E-state index contributed by atoms with van der Waals surface area (Å²) in [6.07, 6.45) is 0.822. The Bertz CT molecular complexity index is 922. The minimum absolute atomic E-state index is 0.345. The van der Waals surface area contributed by atoms with Crippen molar-refractivity contribution < 1.29 is 9.47 Å². The number of aliphatic imine (C=N–C) groups is 1. The molecule has 134 valence electrons. The highest BCUT2D eigenvalue weighted by atomic mass is 16.5. The van der Waals surface area contributed by atoms with Crippen LogP contribution in [0, 0.1) is 0 Å². The maximum absolute atomic E-state index is 6.02. The van der Waals surface area contributed by atoms with Crippen LogP contribution in [-0.4, -0.2) is 26.7 Å². The van der Waals surface area contributed by atoms with Gasteiger partial charge in [-0.05, 0) is 34.9 Å². The molecule has 0 amide bonds. The van der Waals surface area contributed by atoms with Crippen LogP contribution in [0.2, 0.25) is 0 Å². The number of methoxy groups -OCH3 is 2. The molecule has 3 N–H and O–H groups in total. The maximum atomic E-state index is 6.02. The van der Waals surface area contributed by atoms with E-state index in [1.165, 1.54) is 16.3 Å². The van der Waals surface area contributed by atoms with Gasteiger partial charge in [0.25, 0.3) is 0 Å². The number of fused-ring (bicyclic) bond motifs is 1. The molecule has 0 aliphatic carbocycles. The molecule has 3 aromatic carbocycles. The van der Waals surface area contributed by atoms with E-state index < -0.39 is 0 Å². The number of rotatable bonds is 6. The normalized spacial score (nSPS) is 11.4. The van der Waals surface area contributed by atoms with Gasteiger partial charge in [0.15, 0.2) is 5.96 Å². The summed E-state index contributed by atoms with van der Waals surface area (Å²) in [5, 5.41) is 5.55. The highest BCUT2D eigenvalue weighted by Crippen LogP contribution is 2.28. The Labute approximate surface area is 153 Å². The topological polar surface area (TPSA) is 68.9 Å². The summed E-state index contributed by atoms with van der Waals surface area (Å²) in [5.74, 6) is 1.74. The molecule has 0 aliphatic rings. The molecule has 0 spiro atoms. The second kappa shape index (κ2) is 8.25. The van der Waals surface area contributed by atoms with E-state index >= 15 is 0 Å². The molecule has 0 radical (unpaired) electrons. The van der Waals surface area contributed by atoms with Crippen LogP contribution in [0.1, 0.15) is 5.56 Å². The molecule has 5 heteroatoms. The fourth-order valence-electron chi connectivity index (χ4n) is 2.79. The Kier molecular flexibility index (Phi) is 5.59. The highest BCUT2D eigenvalue weighted by Gasteiger charge is 2.06. The van der Waals surface area contributed by atoms with Gasteiger partial charge in [0.05, 0.1) is 19.9 Å². The van der Waals surface area contributed by atoms with E-state index in [0.717, 1.165) is 17.9 Å². The first-order valence-electron chi connectivity index (χ1n) is 8.46. The van der Waals surface area contributed by atoms with Crippen LogP contribution in [0.25, 0.3) is 10.8 Å². The van der Waals surface area contributed by atoms with Gasteiger partial charge in [-0.25, -0.2) is 0 Å². The van der Waals surface area contributed by atoms with Gasteiger partial charge in [0.2, 0.25) is 0 Å². The van der Waals surface area contributed by atoms with Gasteiger partial charge in [-0.1, -0.05) is 42.5 Å². The van der Waals surface area contributed by atoms with Crippen LogP contribution >= 0.6 is 0 Å². The Hall–Kier alpha value is -3.21. The van der Waals surface area contributed by atoms with Gasteiger partial charge < -0.3 is 20.5 Å². The van der Waals surface area contributed by atoms with Gasteiger partial charge >= 0.3 is 0 Å².